The van der Waals surface area contributed by atoms with Crippen LogP contribution in [-0.4, -0.2) is 34.4 Å². The minimum Gasteiger partial charge on any atom is -0.497 e. The molecule has 1 heterocycles. The number of aromatic nitrogens is 4. The van der Waals surface area contributed by atoms with E-state index in [-0.39, 0.29) is 5.82 Å². The van der Waals surface area contributed by atoms with E-state index in [1.165, 1.54) is 16.9 Å². The van der Waals surface area contributed by atoms with Crippen molar-refractivity contribution in [3.63, 3.8) is 0 Å². The lowest BCUT2D eigenvalue weighted by atomic mass is 10.2. The summed E-state index contributed by atoms with van der Waals surface area (Å²) < 4.78 is 23.5. The van der Waals surface area contributed by atoms with Crippen LogP contribution in [0.2, 0.25) is 0 Å². The molecule has 3 rings (SSSR count). The number of rotatable bonds is 5. The second kappa shape index (κ2) is 6.43. The molecular formula is C16H15FN4O2. The number of halogens is 1. The Morgan fingerprint density at radius 3 is 2.52 bits per heavy atom. The fourth-order valence-electron chi connectivity index (χ4n) is 2.18. The molecule has 0 spiro atoms. The molecule has 118 valence electrons. The molecule has 2 aromatic carbocycles. The third-order valence-corrected chi connectivity index (χ3v) is 3.35. The molecule has 0 aliphatic rings. The molecule has 6 nitrogen and oxygen atoms in total. The van der Waals surface area contributed by atoms with Gasteiger partial charge in [0.05, 0.1) is 20.8 Å². The van der Waals surface area contributed by atoms with Crippen molar-refractivity contribution in [3.8, 4) is 22.9 Å². The summed E-state index contributed by atoms with van der Waals surface area (Å²) >= 11 is 0. The first-order valence-electron chi connectivity index (χ1n) is 6.94. The Bertz CT molecular complexity index is 802. The minimum atomic E-state index is -0.303. The van der Waals surface area contributed by atoms with Crippen molar-refractivity contribution in [2.75, 3.05) is 14.2 Å². The third kappa shape index (κ3) is 3.28. The lowest BCUT2D eigenvalue weighted by Gasteiger charge is -2.09. The topological polar surface area (TPSA) is 62.1 Å². The highest BCUT2D eigenvalue weighted by molar-refractivity contribution is 5.53. The maximum Gasteiger partial charge on any atom is 0.204 e. The van der Waals surface area contributed by atoms with Crippen molar-refractivity contribution in [1.82, 2.24) is 20.2 Å². The molecule has 0 saturated heterocycles. The standard InChI is InChI=1S/C16H15FN4O2/c1-22-14-7-8-15(23-2)12(9-14)10-21-19-16(18-20-21)11-3-5-13(17)6-4-11/h3-9H,10H2,1-2H3. The fraction of sp³-hybridized carbons (Fsp3) is 0.188. The van der Waals surface area contributed by atoms with Crippen LogP contribution in [0, 0.1) is 5.82 Å². The molecular weight excluding hydrogens is 299 g/mol. The van der Waals surface area contributed by atoms with Crippen molar-refractivity contribution >= 4 is 0 Å². The minimum absolute atomic E-state index is 0.303. The first-order chi connectivity index (χ1) is 11.2. The Morgan fingerprint density at radius 2 is 1.83 bits per heavy atom. The molecule has 0 aliphatic heterocycles. The number of ether oxygens (including phenoxy) is 2. The smallest absolute Gasteiger partial charge is 0.204 e. The molecule has 0 N–H and O–H groups in total. The molecule has 0 aliphatic carbocycles. The van der Waals surface area contributed by atoms with Crippen molar-refractivity contribution in [1.29, 1.82) is 0 Å². The van der Waals surface area contributed by atoms with Gasteiger partial charge in [-0.3, -0.25) is 0 Å². The van der Waals surface area contributed by atoms with Crippen LogP contribution >= 0.6 is 0 Å². The van der Waals surface area contributed by atoms with E-state index in [4.69, 9.17) is 9.47 Å². The summed E-state index contributed by atoms with van der Waals surface area (Å²) in [4.78, 5) is 1.45. The molecule has 0 amide bonds. The molecule has 3 aromatic rings. The van der Waals surface area contributed by atoms with E-state index in [0.29, 0.717) is 23.7 Å². The Hall–Kier alpha value is -2.96. The average molecular weight is 314 g/mol. The summed E-state index contributed by atoms with van der Waals surface area (Å²) in [5, 5.41) is 12.3. The average Bonchev–Trinajstić information content (AvgIpc) is 3.04. The van der Waals surface area contributed by atoms with E-state index in [1.54, 1.807) is 26.4 Å². The van der Waals surface area contributed by atoms with Crippen LogP contribution in [0.4, 0.5) is 4.39 Å². The normalized spacial score (nSPS) is 10.6. The van der Waals surface area contributed by atoms with Gasteiger partial charge in [0, 0.05) is 11.1 Å². The van der Waals surface area contributed by atoms with Gasteiger partial charge in [-0.05, 0) is 47.7 Å². The number of tetrazole rings is 1. The summed E-state index contributed by atoms with van der Waals surface area (Å²) in [6, 6.07) is 11.5. The van der Waals surface area contributed by atoms with Crippen LogP contribution in [0.25, 0.3) is 11.4 Å². The monoisotopic (exact) mass is 314 g/mol. The fourth-order valence-corrected chi connectivity index (χ4v) is 2.18. The van der Waals surface area contributed by atoms with Crippen molar-refractivity contribution < 1.29 is 13.9 Å². The molecule has 0 fully saturated rings. The van der Waals surface area contributed by atoms with Crippen molar-refractivity contribution in [3.05, 3.63) is 53.8 Å². The quantitative estimate of drug-likeness (QED) is 0.724. The Kier molecular flexibility index (Phi) is 4.18. The predicted octanol–water partition coefficient (Wildman–Crippen LogP) is 2.54. The van der Waals surface area contributed by atoms with Gasteiger partial charge in [0.1, 0.15) is 17.3 Å². The van der Waals surface area contributed by atoms with Gasteiger partial charge in [0.25, 0.3) is 0 Å². The van der Waals surface area contributed by atoms with Crippen LogP contribution in [0.15, 0.2) is 42.5 Å². The molecule has 0 saturated carbocycles. The zero-order chi connectivity index (χ0) is 16.2. The van der Waals surface area contributed by atoms with Crippen molar-refractivity contribution in [2.24, 2.45) is 0 Å². The van der Waals surface area contributed by atoms with Gasteiger partial charge < -0.3 is 9.47 Å². The molecule has 23 heavy (non-hydrogen) atoms. The summed E-state index contributed by atoms with van der Waals surface area (Å²) in [7, 11) is 3.20. The summed E-state index contributed by atoms with van der Waals surface area (Å²) in [6.45, 7) is 0.384. The summed E-state index contributed by atoms with van der Waals surface area (Å²) in [5.74, 6) is 1.57. The van der Waals surface area contributed by atoms with Gasteiger partial charge in [-0.1, -0.05) is 0 Å². The number of hydrogen-bond donors (Lipinski definition) is 0. The van der Waals surface area contributed by atoms with Crippen LogP contribution in [0.5, 0.6) is 11.5 Å². The van der Waals surface area contributed by atoms with E-state index in [1.807, 2.05) is 18.2 Å². The SMILES string of the molecule is COc1ccc(OC)c(Cn2nnc(-c3ccc(F)cc3)n2)c1. The Morgan fingerprint density at radius 1 is 1.04 bits per heavy atom. The highest BCUT2D eigenvalue weighted by Gasteiger charge is 2.10. The van der Waals surface area contributed by atoms with Crippen LogP contribution in [0.1, 0.15) is 5.56 Å². The third-order valence-electron chi connectivity index (χ3n) is 3.35. The van der Waals surface area contributed by atoms with Gasteiger partial charge >= 0.3 is 0 Å². The Balaban J connectivity index is 1.85. The molecule has 0 radical (unpaired) electrons. The molecule has 0 bridgehead atoms. The van der Waals surface area contributed by atoms with Crippen LogP contribution in [-0.2, 0) is 6.54 Å². The second-order valence-electron chi connectivity index (χ2n) is 4.83. The van der Waals surface area contributed by atoms with E-state index in [9.17, 15) is 4.39 Å². The lowest BCUT2D eigenvalue weighted by Crippen LogP contribution is -2.06. The zero-order valence-electron chi connectivity index (χ0n) is 12.7. The summed E-state index contributed by atoms with van der Waals surface area (Å²) in [5.41, 5.74) is 1.57. The maximum absolute atomic E-state index is 13.0. The zero-order valence-corrected chi connectivity index (χ0v) is 12.7. The van der Waals surface area contributed by atoms with Gasteiger partial charge in [0.15, 0.2) is 0 Å². The maximum atomic E-state index is 13.0. The molecule has 0 unspecified atom stereocenters. The van der Waals surface area contributed by atoms with E-state index in [2.05, 4.69) is 15.4 Å². The van der Waals surface area contributed by atoms with Gasteiger partial charge in [0.2, 0.25) is 5.82 Å². The highest BCUT2D eigenvalue weighted by Crippen LogP contribution is 2.24. The number of benzene rings is 2. The van der Waals surface area contributed by atoms with Crippen molar-refractivity contribution in [2.45, 2.75) is 6.54 Å². The predicted molar refractivity (Wildman–Crippen MR) is 81.9 cm³/mol. The first-order valence-corrected chi connectivity index (χ1v) is 6.94. The second-order valence-corrected chi connectivity index (χ2v) is 4.83. The largest absolute Gasteiger partial charge is 0.497 e. The molecule has 1 aromatic heterocycles. The Labute approximate surface area is 132 Å². The van der Waals surface area contributed by atoms with Gasteiger partial charge in [-0.25, -0.2) is 4.39 Å². The van der Waals surface area contributed by atoms with E-state index < -0.39 is 0 Å². The van der Waals surface area contributed by atoms with Crippen LogP contribution < -0.4 is 9.47 Å². The summed E-state index contributed by atoms with van der Waals surface area (Å²) in [6.07, 6.45) is 0. The number of hydrogen-bond acceptors (Lipinski definition) is 5. The lowest BCUT2D eigenvalue weighted by molar-refractivity contribution is 0.395. The number of nitrogens with zero attached hydrogens (tertiary/aromatic N) is 4. The van der Waals surface area contributed by atoms with Gasteiger partial charge in [-0.15, -0.1) is 10.2 Å². The first kappa shape index (κ1) is 15.0. The van der Waals surface area contributed by atoms with E-state index >= 15 is 0 Å². The van der Waals surface area contributed by atoms with Gasteiger partial charge in [-0.2, -0.15) is 4.80 Å². The molecule has 7 heteroatoms. The molecule has 0 atom stereocenters. The highest BCUT2D eigenvalue weighted by atomic mass is 19.1. The number of methoxy groups -OCH3 is 2. The van der Waals surface area contributed by atoms with Crippen LogP contribution in [0.3, 0.4) is 0 Å². The van der Waals surface area contributed by atoms with E-state index in [0.717, 1.165) is 11.3 Å².